The minimum atomic E-state index is -0.508. The standard InChI is InChI=1S/C15H20N2O3/c1-10(2)13-15(19)17(8-9-20-3)12-7-5-4-6-11(12)14(18)16-13/h4-7,10,13H,8-9H2,1-3H3,(H,16,18). The van der Waals surface area contributed by atoms with Crippen molar-refractivity contribution in [3.8, 4) is 0 Å². The first kappa shape index (κ1) is 14.5. The number of ether oxygens (including phenoxy) is 1. The smallest absolute Gasteiger partial charge is 0.254 e. The molecule has 0 saturated heterocycles. The predicted octanol–water partition coefficient (Wildman–Crippen LogP) is 1.43. The molecule has 1 atom stereocenters. The molecule has 1 aliphatic rings. The average Bonchev–Trinajstić information content (AvgIpc) is 2.54. The lowest BCUT2D eigenvalue weighted by molar-refractivity contribution is -0.121. The van der Waals surface area contributed by atoms with Crippen molar-refractivity contribution in [3.63, 3.8) is 0 Å². The molecular weight excluding hydrogens is 256 g/mol. The molecule has 108 valence electrons. The first-order valence-electron chi connectivity index (χ1n) is 6.76. The Morgan fingerprint density at radius 2 is 2.00 bits per heavy atom. The van der Waals surface area contributed by atoms with E-state index in [-0.39, 0.29) is 17.7 Å². The SMILES string of the molecule is COCCN1C(=O)C(C(C)C)NC(=O)c2ccccc21. The van der Waals surface area contributed by atoms with Gasteiger partial charge in [-0.15, -0.1) is 0 Å². The second-order valence-corrected chi connectivity index (χ2v) is 5.19. The highest BCUT2D eigenvalue weighted by Gasteiger charge is 2.34. The van der Waals surface area contributed by atoms with Crippen LogP contribution in [0.1, 0.15) is 24.2 Å². The summed E-state index contributed by atoms with van der Waals surface area (Å²) in [6, 6.07) is 6.65. The number of rotatable bonds is 4. The van der Waals surface area contributed by atoms with Crippen molar-refractivity contribution in [2.45, 2.75) is 19.9 Å². The largest absolute Gasteiger partial charge is 0.383 e. The summed E-state index contributed by atoms with van der Waals surface area (Å²) in [5, 5.41) is 2.82. The quantitative estimate of drug-likeness (QED) is 0.905. The number of fused-ring (bicyclic) bond motifs is 1. The molecule has 0 fully saturated rings. The van der Waals surface area contributed by atoms with Gasteiger partial charge >= 0.3 is 0 Å². The minimum absolute atomic E-state index is 0.0332. The van der Waals surface area contributed by atoms with E-state index in [1.54, 1.807) is 30.2 Å². The van der Waals surface area contributed by atoms with Crippen LogP contribution in [-0.4, -0.2) is 38.1 Å². The number of hydrogen-bond acceptors (Lipinski definition) is 3. The lowest BCUT2D eigenvalue weighted by Gasteiger charge is -2.26. The summed E-state index contributed by atoms with van der Waals surface area (Å²) in [7, 11) is 1.59. The zero-order valence-electron chi connectivity index (χ0n) is 12.1. The lowest BCUT2D eigenvalue weighted by Crippen LogP contribution is -2.49. The van der Waals surface area contributed by atoms with E-state index in [1.165, 1.54) is 0 Å². The number of nitrogens with one attached hydrogen (secondary N) is 1. The summed E-state index contributed by atoms with van der Waals surface area (Å²) in [5.41, 5.74) is 1.18. The Morgan fingerprint density at radius 1 is 1.30 bits per heavy atom. The summed E-state index contributed by atoms with van der Waals surface area (Å²) >= 11 is 0. The van der Waals surface area contributed by atoms with Crippen molar-refractivity contribution >= 4 is 17.5 Å². The third kappa shape index (κ3) is 2.67. The highest BCUT2D eigenvalue weighted by atomic mass is 16.5. The van der Waals surface area contributed by atoms with E-state index in [4.69, 9.17) is 4.74 Å². The molecule has 2 rings (SSSR count). The van der Waals surface area contributed by atoms with Gasteiger partial charge in [-0.25, -0.2) is 0 Å². The molecule has 1 heterocycles. The Morgan fingerprint density at radius 3 is 2.65 bits per heavy atom. The highest BCUT2D eigenvalue weighted by Crippen LogP contribution is 2.25. The minimum Gasteiger partial charge on any atom is -0.383 e. The summed E-state index contributed by atoms with van der Waals surface area (Å²) < 4.78 is 5.07. The van der Waals surface area contributed by atoms with Gasteiger partial charge in [-0.05, 0) is 18.1 Å². The molecule has 0 radical (unpaired) electrons. The van der Waals surface area contributed by atoms with Crippen molar-refractivity contribution in [2.24, 2.45) is 5.92 Å². The van der Waals surface area contributed by atoms with Crippen LogP contribution >= 0.6 is 0 Å². The molecule has 20 heavy (non-hydrogen) atoms. The van der Waals surface area contributed by atoms with Crippen LogP contribution in [-0.2, 0) is 9.53 Å². The van der Waals surface area contributed by atoms with Crippen LogP contribution < -0.4 is 10.2 Å². The fourth-order valence-corrected chi connectivity index (χ4v) is 2.33. The van der Waals surface area contributed by atoms with Gasteiger partial charge in [0.1, 0.15) is 6.04 Å². The number of carbonyl (C=O) groups is 2. The monoisotopic (exact) mass is 276 g/mol. The van der Waals surface area contributed by atoms with Crippen LogP contribution in [0, 0.1) is 5.92 Å². The Hall–Kier alpha value is -1.88. The van der Waals surface area contributed by atoms with Gasteiger partial charge < -0.3 is 15.0 Å². The second-order valence-electron chi connectivity index (χ2n) is 5.19. The molecule has 1 aliphatic heterocycles. The Kier molecular flexibility index (Phi) is 4.39. The third-order valence-corrected chi connectivity index (χ3v) is 3.44. The second kappa shape index (κ2) is 6.05. The highest BCUT2D eigenvalue weighted by molar-refractivity contribution is 6.11. The van der Waals surface area contributed by atoms with E-state index in [0.29, 0.717) is 24.4 Å². The molecule has 2 amide bonds. The number of amides is 2. The zero-order chi connectivity index (χ0) is 14.7. The maximum Gasteiger partial charge on any atom is 0.254 e. The van der Waals surface area contributed by atoms with E-state index in [1.807, 2.05) is 19.9 Å². The number of anilines is 1. The zero-order valence-corrected chi connectivity index (χ0v) is 12.1. The molecule has 1 unspecified atom stereocenters. The van der Waals surface area contributed by atoms with E-state index >= 15 is 0 Å². The first-order chi connectivity index (χ1) is 9.56. The molecule has 5 heteroatoms. The first-order valence-corrected chi connectivity index (χ1v) is 6.76. The maximum absolute atomic E-state index is 12.7. The molecule has 0 aromatic heterocycles. The molecule has 0 saturated carbocycles. The van der Waals surface area contributed by atoms with Crippen molar-refractivity contribution in [2.75, 3.05) is 25.2 Å². The van der Waals surface area contributed by atoms with Crippen LogP contribution in [0.5, 0.6) is 0 Å². The molecule has 1 N–H and O–H groups in total. The van der Waals surface area contributed by atoms with Crippen LogP contribution in [0.2, 0.25) is 0 Å². The molecule has 0 bridgehead atoms. The van der Waals surface area contributed by atoms with Gasteiger partial charge in [-0.1, -0.05) is 26.0 Å². The Balaban J connectivity index is 2.45. The molecule has 1 aromatic rings. The summed E-state index contributed by atoms with van der Waals surface area (Å²) in [4.78, 5) is 26.6. The number of benzene rings is 1. The molecular formula is C15H20N2O3. The van der Waals surface area contributed by atoms with E-state index in [9.17, 15) is 9.59 Å². The summed E-state index contributed by atoms with van der Waals surface area (Å²) in [6.07, 6.45) is 0. The van der Waals surface area contributed by atoms with Crippen molar-refractivity contribution < 1.29 is 14.3 Å². The summed E-state index contributed by atoms with van der Waals surface area (Å²) in [6.45, 7) is 4.71. The van der Waals surface area contributed by atoms with E-state index < -0.39 is 6.04 Å². The number of methoxy groups -OCH3 is 1. The number of carbonyl (C=O) groups excluding carboxylic acids is 2. The normalized spacial score (nSPS) is 18.8. The van der Waals surface area contributed by atoms with Gasteiger partial charge in [0.25, 0.3) is 5.91 Å². The topological polar surface area (TPSA) is 58.6 Å². The molecule has 0 spiro atoms. The lowest BCUT2D eigenvalue weighted by atomic mass is 10.0. The fourth-order valence-electron chi connectivity index (χ4n) is 2.33. The van der Waals surface area contributed by atoms with Crippen LogP contribution in [0.15, 0.2) is 24.3 Å². The van der Waals surface area contributed by atoms with Gasteiger partial charge in [0.15, 0.2) is 0 Å². The van der Waals surface area contributed by atoms with Crippen molar-refractivity contribution in [3.05, 3.63) is 29.8 Å². The number of para-hydroxylation sites is 1. The predicted molar refractivity (Wildman–Crippen MR) is 76.8 cm³/mol. The van der Waals surface area contributed by atoms with Crippen molar-refractivity contribution in [1.29, 1.82) is 0 Å². The number of nitrogens with zero attached hydrogens (tertiary/aromatic N) is 1. The van der Waals surface area contributed by atoms with Gasteiger partial charge in [0, 0.05) is 13.7 Å². The van der Waals surface area contributed by atoms with Gasteiger partial charge in [0.05, 0.1) is 17.9 Å². The maximum atomic E-state index is 12.7. The third-order valence-electron chi connectivity index (χ3n) is 3.44. The molecule has 1 aromatic carbocycles. The van der Waals surface area contributed by atoms with Gasteiger partial charge in [-0.3, -0.25) is 9.59 Å². The number of hydrogen-bond donors (Lipinski definition) is 1. The van der Waals surface area contributed by atoms with Crippen LogP contribution in [0.3, 0.4) is 0 Å². The fraction of sp³-hybridized carbons (Fsp3) is 0.467. The van der Waals surface area contributed by atoms with Crippen LogP contribution in [0.4, 0.5) is 5.69 Å². The molecule has 0 aliphatic carbocycles. The van der Waals surface area contributed by atoms with E-state index in [0.717, 1.165) is 0 Å². The van der Waals surface area contributed by atoms with Crippen molar-refractivity contribution in [1.82, 2.24) is 5.32 Å². The average molecular weight is 276 g/mol. The Labute approximate surface area is 118 Å². The Bertz CT molecular complexity index is 514. The van der Waals surface area contributed by atoms with Crippen LogP contribution in [0.25, 0.3) is 0 Å². The summed E-state index contributed by atoms with van der Waals surface area (Å²) in [5.74, 6) is -0.256. The van der Waals surface area contributed by atoms with E-state index in [2.05, 4.69) is 5.32 Å². The molecule has 5 nitrogen and oxygen atoms in total. The van der Waals surface area contributed by atoms with Gasteiger partial charge in [0.2, 0.25) is 5.91 Å². The van der Waals surface area contributed by atoms with Gasteiger partial charge in [-0.2, -0.15) is 0 Å².